The number of hydrogen-bond donors (Lipinski definition) is 2. The normalized spacial score (nSPS) is 13.5. The number of nitrogens with zero attached hydrogens (tertiary/aromatic N) is 2. The molecule has 22 heavy (non-hydrogen) atoms. The molecule has 0 spiro atoms. The molecule has 0 radical (unpaired) electrons. The third-order valence-corrected chi connectivity index (χ3v) is 3.32. The molecule has 0 fully saturated rings. The lowest BCUT2D eigenvalue weighted by atomic mass is 10.0. The van der Waals surface area contributed by atoms with Gasteiger partial charge in [0.1, 0.15) is 22.9 Å². The monoisotopic (exact) mass is 303 g/mol. The largest absolute Gasteiger partial charge is 0.463 e. The Hall–Kier alpha value is -2.34. The molecule has 1 unspecified atom stereocenters. The van der Waals surface area contributed by atoms with Crippen LogP contribution in [0, 0.1) is 6.92 Å². The molecule has 2 aromatic rings. The number of anilines is 1. The van der Waals surface area contributed by atoms with E-state index in [2.05, 4.69) is 10.3 Å². The molecule has 118 valence electrons. The summed E-state index contributed by atoms with van der Waals surface area (Å²) in [5.74, 6) is 1.42. The molecular weight excluding hydrogens is 282 g/mol. The van der Waals surface area contributed by atoms with Crippen molar-refractivity contribution in [3.05, 3.63) is 47.5 Å². The molecule has 2 aromatic heterocycles. The lowest BCUT2D eigenvalue weighted by Gasteiger charge is -2.22. The number of furan rings is 1. The van der Waals surface area contributed by atoms with Gasteiger partial charge in [-0.05, 0) is 38.1 Å². The van der Waals surface area contributed by atoms with E-state index in [0.717, 1.165) is 0 Å². The lowest BCUT2D eigenvalue weighted by molar-refractivity contribution is 0.0323. The number of aryl methyl sites for hydroxylation is 1. The van der Waals surface area contributed by atoms with Crippen molar-refractivity contribution in [3.63, 3.8) is 0 Å². The minimum absolute atomic E-state index is 0.0422. The summed E-state index contributed by atoms with van der Waals surface area (Å²) in [4.78, 5) is 18.3. The molecule has 0 aromatic carbocycles. The zero-order valence-electron chi connectivity index (χ0n) is 13.3. The van der Waals surface area contributed by atoms with E-state index >= 15 is 0 Å². The van der Waals surface area contributed by atoms with Crippen LogP contribution in [0.4, 0.5) is 5.82 Å². The summed E-state index contributed by atoms with van der Waals surface area (Å²) in [6.45, 7) is 3.44. The van der Waals surface area contributed by atoms with Gasteiger partial charge in [0.2, 0.25) is 0 Å². The van der Waals surface area contributed by atoms with E-state index in [1.807, 2.05) is 14.1 Å². The summed E-state index contributed by atoms with van der Waals surface area (Å²) >= 11 is 0. The highest BCUT2D eigenvalue weighted by Crippen LogP contribution is 2.22. The van der Waals surface area contributed by atoms with Crippen molar-refractivity contribution >= 4 is 11.7 Å². The SMILES string of the molecule is Cc1ccc(C(C)(O)CNC(=O)c2cccnc2N(C)C)o1. The van der Waals surface area contributed by atoms with Gasteiger partial charge >= 0.3 is 0 Å². The van der Waals surface area contributed by atoms with Crippen LogP contribution in [0.5, 0.6) is 0 Å². The highest BCUT2D eigenvalue weighted by atomic mass is 16.4. The second-order valence-electron chi connectivity index (χ2n) is 5.64. The number of aromatic nitrogens is 1. The van der Waals surface area contributed by atoms with E-state index in [1.54, 1.807) is 49.2 Å². The van der Waals surface area contributed by atoms with Gasteiger partial charge in [-0.25, -0.2) is 4.98 Å². The van der Waals surface area contributed by atoms with E-state index in [-0.39, 0.29) is 12.5 Å². The van der Waals surface area contributed by atoms with E-state index < -0.39 is 5.60 Å². The fourth-order valence-electron chi connectivity index (χ4n) is 2.09. The van der Waals surface area contributed by atoms with E-state index in [0.29, 0.717) is 22.9 Å². The van der Waals surface area contributed by atoms with Crippen LogP contribution in [-0.2, 0) is 5.60 Å². The van der Waals surface area contributed by atoms with Gasteiger partial charge in [0.15, 0.2) is 0 Å². The first-order valence-electron chi connectivity index (χ1n) is 7.01. The summed E-state index contributed by atoms with van der Waals surface area (Å²) in [5, 5.41) is 13.2. The van der Waals surface area contributed by atoms with Crippen LogP contribution in [0.15, 0.2) is 34.9 Å². The molecule has 2 heterocycles. The molecule has 6 nitrogen and oxygen atoms in total. The van der Waals surface area contributed by atoms with Gasteiger partial charge in [0.25, 0.3) is 5.91 Å². The predicted octanol–water partition coefficient (Wildman–Crippen LogP) is 1.69. The maximum absolute atomic E-state index is 12.3. The fraction of sp³-hybridized carbons (Fsp3) is 0.375. The van der Waals surface area contributed by atoms with Crippen LogP contribution in [0.2, 0.25) is 0 Å². The smallest absolute Gasteiger partial charge is 0.255 e. The van der Waals surface area contributed by atoms with Crippen LogP contribution in [-0.4, -0.2) is 36.6 Å². The number of nitrogens with one attached hydrogen (secondary N) is 1. The molecule has 0 aliphatic heterocycles. The Morgan fingerprint density at radius 2 is 2.14 bits per heavy atom. The van der Waals surface area contributed by atoms with Crippen molar-refractivity contribution in [2.24, 2.45) is 0 Å². The van der Waals surface area contributed by atoms with Crippen molar-refractivity contribution in [2.75, 3.05) is 25.5 Å². The molecule has 1 atom stereocenters. The molecule has 0 aliphatic carbocycles. The molecule has 0 saturated carbocycles. The van der Waals surface area contributed by atoms with Crippen molar-refractivity contribution in [1.82, 2.24) is 10.3 Å². The van der Waals surface area contributed by atoms with E-state index in [1.165, 1.54) is 0 Å². The third-order valence-electron chi connectivity index (χ3n) is 3.32. The van der Waals surface area contributed by atoms with Crippen LogP contribution < -0.4 is 10.2 Å². The zero-order valence-corrected chi connectivity index (χ0v) is 13.3. The average molecular weight is 303 g/mol. The molecule has 0 bridgehead atoms. The number of amides is 1. The number of carbonyl (C=O) groups is 1. The molecule has 2 N–H and O–H groups in total. The lowest BCUT2D eigenvalue weighted by Crippen LogP contribution is -2.38. The standard InChI is InChI=1S/C16H21N3O3/c1-11-7-8-13(22-11)16(2,21)10-18-15(20)12-6-5-9-17-14(12)19(3)4/h5-9,21H,10H2,1-4H3,(H,18,20). The first-order chi connectivity index (χ1) is 10.3. The fourth-order valence-corrected chi connectivity index (χ4v) is 2.09. The molecule has 1 amide bonds. The Bertz CT molecular complexity index is 662. The third kappa shape index (κ3) is 3.46. The predicted molar refractivity (Wildman–Crippen MR) is 83.9 cm³/mol. The maximum Gasteiger partial charge on any atom is 0.255 e. The van der Waals surface area contributed by atoms with Gasteiger partial charge < -0.3 is 19.7 Å². The summed E-state index contributed by atoms with van der Waals surface area (Å²) in [6.07, 6.45) is 1.63. The minimum atomic E-state index is -1.27. The topological polar surface area (TPSA) is 78.6 Å². The van der Waals surface area contributed by atoms with E-state index in [4.69, 9.17) is 4.42 Å². The second kappa shape index (κ2) is 6.19. The van der Waals surface area contributed by atoms with Gasteiger partial charge in [-0.1, -0.05) is 0 Å². The van der Waals surface area contributed by atoms with Crippen molar-refractivity contribution < 1.29 is 14.3 Å². The molecule has 6 heteroatoms. The summed E-state index contributed by atoms with van der Waals surface area (Å²) in [6, 6.07) is 6.88. The first-order valence-corrected chi connectivity index (χ1v) is 7.01. The highest BCUT2D eigenvalue weighted by Gasteiger charge is 2.28. The quantitative estimate of drug-likeness (QED) is 0.879. The van der Waals surface area contributed by atoms with Gasteiger partial charge in [-0.15, -0.1) is 0 Å². The Balaban J connectivity index is 2.10. The van der Waals surface area contributed by atoms with Crippen molar-refractivity contribution in [1.29, 1.82) is 0 Å². The number of rotatable bonds is 5. The average Bonchev–Trinajstić information content (AvgIpc) is 2.92. The van der Waals surface area contributed by atoms with Gasteiger partial charge in [0.05, 0.1) is 12.1 Å². The maximum atomic E-state index is 12.3. The van der Waals surface area contributed by atoms with Gasteiger partial charge in [-0.2, -0.15) is 0 Å². The Morgan fingerprint density at radius 1 is 1.41 bits per heavy atom. The number of hydrogen-bond acceptors (Lipinski definition) is 5. The molecule has 0 saturated heterocycles. The van der Waals surface area contributed by atoms with Crippen molar-refractivity contribution in [3.8, 4) is 0 Å². The highest BCUT2D eigenvalue weighted by molar-refractivity contribution is 5.98. The van der Waals surface area contributed by atoms with Crippen molar-refractivity contribution in [2.45, 2.75) is 19.4 Å². The number of carbonyl (C=O) groups excluding carboxylic acids is 1. The minimum Gasteiger partial charge on any atom is -0.463 e. The molecule has 0 aliphatic rings. The number of aliphatic hydroxyl groups is 1. The summed E-state index contributed by atoms with van der Waals surface area (Å²) in [5.41, 5.74) is -0.816. The zero-order chi connectivity index (χ0) is 16.3. The molecule has 2 rings (SSSR count). The van der Waals surface area contributed by atoms with Crippen LogP contribution in [0.1, 0.15) is 28.8 Å². The second-order valence-corrected chi connectivity index (χ2v) is 5.64. The van der Waals surface area contributed by atoms with Crippen LogP contribution >= 0.6 is 0 Å². The summed E-state index contributed by atoms with van der Waals surface area (Å²) < 4.78 is 5.43. The van der Waals surface area contributed by atoms with Crippen LogP contribution in [0.3, 0.4) is 0 Å². The summed E-state index contributed by atoms with van der Waals surface area (Å²) in [7, 11) is 3.64. The molecular formula is C16H21N3O3. The Labute approximate surface area is 129 Å². The van der Waals surface area contributed by atoms with Crippen LogP contribution in [0.25, 0.3) is 0 Å². The first kappa shape index (κ1) is 16.0. The van der Waals surface area contributed by atoms with Gasteiger partial charge in [-0.3, -0.25) is 4.79 Å². The Kier molecular flexibility index (Phi) is 4.51. The number of pyridine rings is 1. The van der Waals surface area contributed by atoms with E-state index in [9.17, 15) is 9.90 Å². The Morgan fingerprint density at radius 3 is 2.73 bits per heavy atom. The van der Waals surface area contributed by atoms with Gasteiger partial charge in [0, 0.05) is 20.3 Å².